The van der Waals surface area contributed by atoms with Gasteiger partial charge in [0, 0.05) is 64.1 Å². The maximum Gasteiger partial charge on any atom is 0.223 e. The molecule has 1 atom stereocenters. The Labute approximate surface area is 167 Å². The summed E-state index contributed by atoms with van der Waals surface area (Å²) in [6, 6.07) is 8.51. The van der Waals surface area contributed by atoms with E-state index in [1.54, 1.807) is 4.90 Å². The normalized spacial score (nSPS) is 25.4. The maximum atomic E-state index is 12.9. The second kappa shape index (κ2) is 8.21. The van der Waals surface area contributed by atoms with Crippen LogP contribution in [0.4, 0.5) is 0 Å². The Hall–Kier alpha value is -1.92. The van der Waals surface area contributed by atoms with E-state index in [2.05, 4.69) is 29.2 Å². The van der Waals surface area contributed by atoms with Crippen LogP contribution in [-0.4, -0.2) is 71.0 Å². The predicted octanol–water partition coefficient (Wildman–Crippen LogP) is 1.62. The van der Waals surface area contributed by atoms with E-state index in [9.17, 15) is 14.7 Å². The van der Waals surface area contributed by atoms with Gasteiger partial charge in [-0.25, -0.2) is 0 Å². The van der Waals surface area contributed by atoms with E-state index >= 15 is 0 Å². The molecule has 0 aromatic heterocycles. The highest BCUT2D eigenvalue weighted by molar-refractivity contribution is 5.78. The van der Waals surface area contributed by atoms with Gasteiger partial charge in [0.15, 0.2) is 0 Å². The summed E-state index contributed by atoms with van der Waals surface area (Å²) in [4.78, 5) is 31.2. The van der Waals surface area contributed by atoms with Gasteiger partial charge in [-0.05, 0) is 30.4 Å². The minimum atomic E-state index is 0.00267. The van der Waals surface area contributed by atoms with Crippen molar-refractivity contribution < 1.29 is 14.7 Å². The Morgan fingerprint density at radius 3 is 2.54 bits per heavy atom. The van der Waals surface area contributed by atoms with Crippen LogP contribution in [0.25, 0.3) is 0 Å². The zero-order valence-electron chi connectivity index (χ0n) is 16.6. The highest BCUT2D eigenvalue weighted by Gasteiger charge is 2.42. The first-order valence-electron chi connectivity index (χ1n) is 10.5. The summed E-state index contributed by atoms with van der Waals surface area (Å²) < 4.78 is 0. The number of likely N-dealkylation sites (tertiary alicyclic amines) is 2. The molecule has 2 amide bonds. The molecule has 3 aliphatic rings. The van der Waals surface area contributed by atoms with Gasteiger partial charge >= 0.3 is 0 Å². The number of hydrogen-bond acceptors (Lipinski definition) is 4. The summed E-state index contributed by atoms with van der Waals surface area (Å²) in [5.74, 6) is 0.373. The molecule has 0 bridgehead atoms. The number of carbonyl (C=O) groups excluding carboxylic acids is 2. The molecule has 1 aromatic carbocycles. The molecule has 3 aliphatic heterocycles. The van der Waals surface area contributed by atoms with Gasteiger partial charge < -0.3 is 14.9 Å². The predicted molar refractivity (Wildman–Crippen MR) is 106 cm³/mol. The van der Waals surface area contributed by atoms with Gasteiger partial charge in [-0.15, -0.1) is 0 Å². The number of benzene rings is 1. The van der Waals surface area contributed by atoms with E-state index in [4.69, 9.17) is 0 Å². The number of aliphatic hydroxyl groups excluding tert-OH is 1. The molecule has 6 heteroatoms. The van der Waals surface area contributed by atoms with Gasteiger partial charge in [0.2, 0.25) is 11.8 Å². The number of rotatable bonds is 5. The molecule has 2 saturated heterocycles. The quantitative estimate of drug-likeness (QED) is 0.837. The Morgan fingerprint density at radius 1 is 1.07 bits per heavy atom. The molecule has 0 unspecified atom stereocenters. The molecule has 152 valence electrons. The topological polar surface area (TPSA) is 64.1 Å². The van der Waals surface area contributed by atoms with Crippen molar-refractivity contribution in [1.29, 1.82) is 0 Å². The summed E-state index contributed by atoms with van der Waals surface area (Å²) in [5.41, 5.74) is 2.77. The van der Waals surface area contributed by atoms with Crippen molar-refractivity contribution in [3.8, 4) is 0 Å². The smallest absolute Gasteiger partial charge is 0.223 e. The van der Waals surface area contributed by atoms with E-state index in [1.807, 2.05) is 4.90 Å². The maximum absolute atomic E-state index is 12.9. The number of hydrogen-bond donors (Lipinski definition) is 1. The second-order valence-electron chi connectivity index (χ2n) is 8.69. The highest BCUT2D eigenvalue weighted by atomic mass is 16.3. The van der Waals surface area contributed by atoms with Gasteiger partial charge in [0.1, 0.15) is 0 Å². The molecule has 2 fully saturated rings. The molecule has 1 spiro atoms. The van der Waals surface area contributed by atoms with E-state index in [0.29, 0.717) is 25.9 Å². The molecule has 1 aromatic rings. The van der Waals surface area contributed by atoms with Gasteiger partial charge in [0.05, 0.1) is 6.61 Å². The van der Waals surface area contributed by atoms with Gasteiger partial charge in [0.25, 0.3) is 0 Å². The lowest BCUT2D eigenvalue weighted by molar-refractivity contribution is -0.143. The molecular weight excluding hydrogens is 354 g/mol. The van der Waals surface area contributed by atoms with Crippen LogP contribution in [0.15, 0.2) is 24.3 Å². The van der Waals surface area contributed by atoms with E-state index < -0.39 is 0 Å². The van der Waals surface area contributed by atoms with E-state index in [-0.39, 0.29) is 23.8 Å². The van der Waals surface area contributed by atoms with Crippen molar-refractivity contribution in [3.05, 3.63) is 35.4 Å². The van der Waals surface area contributed by atoms with Crippen molar-refractivity contribution in [1.82, 2.24) is 14.7 Å². The molecule has 1 N–H and O–H groups in total. The highest BCUT2D eigenvalue weighted by Crippen LogP contribution is 2.39. The fourth-order valence-corrected chi connectivity index (χ4v) is 5.15. The van der Waals surface area contributed by atoms with Crippen LogP contribution in [0, 0.1) is 5.41 Å². The van der Waals surface area contributed by atoms with Crippen LogP contribution < -0.4 is 0 Å². The zero-order chi connectivity index (χ0) is 19.6. The van der Waals surface area contributed by atoms with Gasteiger partial charge in [-0.2, -0.15) is 0 Å². The molecule has 4 rings (SSSR count). The summed E-state index contributed by atoms with van der Waals surface area (Å²) in [7, 11) is 0. The van der Waals surface area contributed by atoms with Crippen molar-refractivity contribution in [2.24, 2.45) is 5.41 Å². The Balaban J connectivity index is 1.31. The van der Waals surface area contributed by atoms with Crippen LogP contribution in [0.1, 0.15) is 43.2 Å². The third kappa shape index (κ3) is 4.08. The van der Waals surface area contributed by atoms with Crippen molar-refractivity contribution in [3.63, 3.8) is 0 Å². The number of β-amino-alcohol motifs (C(OH)–C–C–N with tert-alkyl or cyclic N) is 1. The Kier molecular flexibility index (Phi) is 5.69. The average Bonchev–Trinajstić information content (AvgIpc) is 3.12. The monoisotopic (exact) mass is 385 g/mol. The van der Waals surface area contributed by atoms with Crippen molar-refractivity contribution in [2.45, 2.75) is 45.2 Å². The van der Waals surface area contributed by atoms with Gasteiger partial charge in [-0.3, -0.25) is 14.5 Å². The van der Waals surface area contributed by atoms with E-state index in [0.717, 1.165) is 52.0 Å². The van der Waals surface area contributed by atoms with Crippen LogP contribution in [-0.2, 0) is 22.7 Å². The third-order valence-electron chi connectivity index (χ3n) is 6.68. The zero-order valence-corrected chi connectivity index (χ0v) is 16.6. The molecule has 6 nitrogen and oxygen atoms in total. The van der Waals surface area contributed by atoms with Crippen LogP contribution in [0.2, 0.25) is 0 Å². The summed E-state index contributed by atoms with van der Waals surface area (Å²) >= 11 is 0. The fourth-order valence-electron chi connectivity index (χ4n) is 5.15. The summed E-state index contributed by atoms with van der Waals surface area (Å²) in [5, 5.41) is 9.24. The first-order chi connectivity index (χ1) is 13.6. The fraction of sp³-hybridized carbons (Fsp3) is 0.636. The van der Waals surface area contributed by atoms with Crippen molar-refractivity contribution in [2.75, 3.05) is 39.3 Å². The van der Waals surface area contributed by atoms with Gasteiger partial charge in [-0.1, -0.05) is 24.3 Å². The Morgan fingerprint density at radius 2 is 1.82 bits per heavy atom. The lowest BCUT2D eigenvalue weighted by atomic mass is 9.73. The molecule has 0 saturated carbocycles. The lowest BCUT2D eigenvalue weighted by Crippen LogP contribution is -2.55. The first kappa shape index (κ1) is 19.4. The molecule has 28 heavy (non-hydrogen) atoms. The molecule has 0 aliphatic carbocycles. The minimum absolute atomic E-state index is 0.00267. The van der Waals surface area contributed by atoms with Crippen LogP contribution in [0.5, 0.6) is 0 Å². The second-order valence-corrected chi connectivity index (χ2v) is 8.69. The minimum Gasteiger partial charge on any atom is -0.395 e. The molecule has 3 heterocycles. The number of aliphatic hydroxyl groups is 1. The standard InChI is InChI=1S/C22H31N3O3/c26-13-12-25-17-22(9-6-20(25)27)8-3-10-24(16-22)21(28)7-11-23-14-18-4-1-2-5-19(18)15-23/h1-2,4-5,26H,3,6-17H2/t22-/m1/s1. The first-order valence-corrected chi connectivity index (χ1v) is 10.5. The third-order valence-corrected chi connectivity index (χ3v) is 6.68. The lowest BCUT2D eigenvalue weighted by Gasteiger charge is -2.48. The SMILES string of the molecule is O=C1CC[C@@]2(CCCN(C(=O)CCN3Cc4ccccc4C3)C2)CN1CCO. The summed E-state index contributed by atoms with van der Waals surface area (Å²) in [6.07, 6.45) is 4.02. The average molecular weight is 386 g/mol. The number of piperidine rings is 2. The van der Waals surface area contributed by atoms with Crippen LogP contribution in [0.3, 0.4) is 0 Å². The molecule has 0 radical (unpaired) electrons. The van der Waals surface area contributed by atoms with Crippen LogP contribution >= 0.6 is 0 Å². The van der Waals surface area contributed by atoms with E-state index in [1.165, 1.54) is 11.1 Å². The van der Waals surface area contributed by atoms with Crippen molar-refractivity contribution >= 4 is 11.8 Å². The molecular formula is C22H31N3O3. The number of amides is 2. The number of nitrogens with zero attached hydrogens (tertiary/aromatic N) is 3. The number of carbonyl (C=O) groups is 2. The summed E-state index contributed by atoms with van der Waals surface area (Å²) in [6.45, 7) is 5.34. The Bertz CT molecular complexity index is 712. The number of fused-ring (bicyclic) bond motifs is 1. The largest absolute Gasteiger partial charge is 0.395 e.